The lowest BCUT2D eigenvalue weighted by Crippen LogP contribution is -2.38. The van der Waals surface area contributed by atoms with Gasteiger partial charge in [0.05, 0.1) is 18.9 Å². The fraction of sp³-hybridized carbons (Fsp3) is 0.308. The molecule has 178 valence electrons. The van der Waals surface area contributed by atoms with Crippen LogP contribution < -0.4 is 10.6 Å². The van der Waals surface area contributed by atoms with Crippen LogP contribution in [0.5, 0.6) is 0 Å². The first-order valence-electron chi connectivity index (χ1n) is 11.2. The molecule has 0 saturated carbocycles. The Hall–Kier alpha value is -3.23. The zero-order valence-corrected chi connectivity index (χ0v) is 18.6. The molecule has 1 aliphatic heterocycles. The van der Waals surface area contributed by atoms with Gasteiger partial charge < -0.3 is 15.4 Å². The number of ether oxygens (including phenoxy) is 1. The van der Waals surface area contributed by atoms with Crippen LogP contribution in [0.3, 0.4) is 0 Å². The van der Waals surface area contributed by atoms with Crippen molar-refractivity contribution < 1.29 is 22.7 Å². The molecule has 1 fully saturated rings. The van der Waals surface area contributed by atoms with Gasteiger partial charge in [-0.05, 0) is 54.3 Å². The normalized spacial score (nSPS) is 16.7. The van der Waals surface area contributed by atoms with Crippen LogP contribution >= 0.6 is 0 Å². The van der Waals surface area contributed by atoms with E-state index >= 15 is 0 Å². The predicted molar refractivity (Wildman–Crippen MR) is 123 cm³/mol. The first kappa shape index (κ1) is 23.9. The Morgan fingerprint density at radius 1 is 1.09 bits per heavy atom. The summed E-state index contributed by atoms with van der Waals surface area (Å²) < 4.78 is 47.6. The van der Waals surface area contributed by atoms with Crippen molar-refractivity contribution in [1.29, 1.82) is 0 Å². The van der Waals surface area contributed by atoms with Crippen LogP contribution in [-0.2, 0) is 16.0 Å². The maximum Gasteiger partial charge on any atom is 0.225 e. The molecule has 1 saturated heterocycles. The van der Waals surface area contributed by atoms with Crippen molar-refractivity contribution in [3.8, 4) is 0 Å². The minimum Gasteiger partial charge on any atom is -0.376 e. The molecule has 2 aromatic carbocycles. The molecule has 0 radical (unpaired) electrons. The molecule has 0 bridgehead atoms. The number of morpholine rings is 1. The van der Waals surface area contributed by atoms with Gasteiger partial charge in [0.15, 0.2) is 0 Å². The van der Waals surface area contributed by atoms with Crippen LogP contribution in [0.15, 0.2) is 60.9 Å². The van der Waals surface area contributed by atoms with Crippen LogP contribution in [0.1, 0.15) is 35.4 Å². The number of nitrogens with zero attached hydrogens (tertiary/aromatic N) is 1. The van der Waals surface area contributed by atoms with E-state index < -0.39 is 23.4 Å². The average molecular weight is 470 g/mol. The summed E-state index contributed by atoms with van der Waals surface area (Å²) in [5.41, 5.74) is 1.94. The lowest BCUT2D eigenvalue weighted by molar-refractivity contribution is -0.116. The molecule has 0 aliphatic carbocycles. The fourth-order valence-corrected chi connectivity index (χ4v) is 4.17. The molecule has 8 heteroatoms. The molecule has 1 amide bonds. The Kier molecular flexibility index (Phi) is 7.92. The van der Waals surface area contributed by atoms with E-state index in [1.807, 2.05) is 0 Å². The van der Waals surface area contributed by atoms with Crippen LogP contribution in [0.2, 0.25) is 0 Å². The van der Waals surface area contributed by atoms with E-state index in [1.165, 1.54) is 30.5 Å². The van der Waals surface area contributed by atoms with Gasteiger partial charge in [-0.1, -0.05) is 18.2 Å². The van der Waals surface area contributed by atoms with E-state index in [4.69, 9.17) is 4.74 Å². The van der Waals surface area contributed by atoms with Crippen LogP contribution in [0.4, 0.5) is 18.9 Å². The molecule has 4 rings (SSSR count). The number of pyridine rings is 1. The monoisotopic (exact) mass is 469 g/mol. The standard InChI is InChI=1S/C26H26F3N3O2/c27-19-6-4-17(5-7-19)23(18-12-20(28)15-31-14-18)13-26(33)32-25-3-1-2-24(29)22(25)9-8-21-16-30-10-11-34-21/h1-7,12,14-15,21,23,30H,8-11,13,16H2,(H,32,33)/t21-,23-/m1/s1. The van der Waals surface area contributed by atoms with E-state index in [0.717, 1.165) is 12.7 Å². The number of nitrogens with one attached hydrogen (secondary N) is 2. The molecule has 1 aromatic heterocycles. The third kappa shape index (κ3) is 6.21. The summed E-state index contributed by atoms with van der Waals surface area (Å²) in [7, 11) is 0. The molecule has 2 N–H and O–H groups in total. The van der Waals surface area contributed by atoms with Gasteiger partial charge in [0.2, 0.25) is 5.91 Å². The van der Waals surface area contributed by atoms with E-state index in [9.17, 15) is 18.0 Å². The largest absolute Gasteiger partial charge is 0.376 e. The number of carbonyl (C=O) groups is 1. The first-order valence-corrected chi connectivity index (χ1v) is 11.2. The highest BCUT2D eigenvalue weighted by Gasteiger charge is 2.21. The minimum atomic E-state index is -0.553. The predicted octanol–water partition coefficient (Wildman–Crippen LogP) is 4.58. The molecule has 3 aromatic rings. The molecular formula is C26H26F3N3O2. The van der Waals surface area contributed by atoms with Gasteiger partial charge in [0, 0.05) is 42.9 Å². The zero-order chi connectivity index (χ0) is 23.9. The average Bonchev–Trinajstić information content (AvgIpc) is 2.83. The summed E-state index contributed by atoms with van der Waals surface area (Å²) in [4.78, 5) is 16.9. The van der Waals surface area contributed by atoms with Crippen molar-refractivity contribution in [2.24, 2.45) is 0 Å². The maximum absolute atomic E-state index is 14.6. The number of hydrogen-bond donors (Lipinski definition) is 2. The summed E-state index contributed by atoms with van der Waals surface area (Å²) in [6.45, 7) is 2.12. The second kappa shape index (κ2) is 11.3. The highest BCUT2D eigenvalue weighted by molar-refractivity contribution is 5.92. The van der Waals surface area contributed by atoms with Gasteiger partial charge in [0.1, 0.15) is 17.5 Å². The van der Waals surface area contributed by atoms with Gasteiger partial charge in [-0.3, -0.25) is 9.78 Å². The number of carbonyl (C=O) groups excluding carboxylic acids is 1. The Bertz CT molecular complexity index is 1120. The highest BCUT2D eigenvalue weighted by Crippen LogP contribution is 2.30. The van der Waals surface area contributed by atoms with E-state index in [0.29, 0.717) is 48.4 Å². The number of amides is 1. The first-order chi connectivity index (χ1) is 16.5. The van der Waals surface area contributed by atoms with Crippen molar-refractivity contribution >= 4 is 11.6 Å². The fourth-order valence-electron chi connectivity index (χ4n) is 4.17. The van der Waals surface area contributed by atoms with Crippen molar-refractivity contribution in [3.05, 3.63) is 95.1 Å². The van der Waals surface area contributed by atoms with Gasteiger partial charge in [-0.15, -0.1) is 0 Å². The number of rotatable bonds is 8. The number of hydrogen-bond acceptors (Lipinski definition) is 4. The quantitative estimate of drug-likeness (QED) is 0.507. The third-order valence-corrected chi connectivity index (χ3v) is 5.90. The van der Waals surface area contributed by atoms with Crippen molar-refractivity contribution in [2.75, 3.05) is 25.0 Å². The lowest BCUT2D eigenvalue weighted by atomic mass is 9.89. The number of anilines is 1. The van der Waals surface area contributed by atoms with Gasteiger partial charge in [0.25, 0.3) is 0 Å². The minimum absolute atomic E-state index is 0.0137. The second-order valence-electron chi connectivity index (χ2n) is 8.29. The molecule has 2 atom stereocenters. The number of aromatic nitrogens is 1. The molecule has 34 heavy (non-hydrogen) atoms. The molecule has 0 unspecified atom stereocenters. The third-order valence-electron chi connectivity index (χ3n) is 5.90. The molecule has 2 heterocycles. The van der Waals surface area contributed by atoms with Crippen molar-refractivity contribution in [3.63, 3.8) is 0 Å². The summed E-state index contributed by atoms with van der Waals surface area (Å²) in [6, 6.07) is 11.6. The summed E-state index contributed by atoms with van der Waals surface area (Å²) in [5, 5.41) is 6.06. The van der Waals surface area contributed by atoms with Crippen LogP contribution in [0.25, 0.3) is 0 Å². The smallest absolute Gasteiger partial charge is 0.225 e. The second-order valence-corrected chi connectivity index (χ2v) is 8.29. The van der Waals surface area contributed by atoms with Gasteiger partial charge >= 0.3 is 0 Å². The molecular weight excluding hydrogens is 443 g/mol. The van der Waals surface area contributed by atoms with E-state index in [1.54, 1.807) is 24.3 Å². The molecule has 5 nitrogen and oxygen atoms in total. The zero-order valence-electron chi connectivity index (χ0n) is 18.6. The number of halogens is 3. The summed E-state index contributed by atoms with van der Waals surface area (Å²) >= 11 is 0. The topological polar surface area (TPSA) is 63.2 Å². The summed E-state index contributed by atoms with van der Waals surface area (Å²) in [5.74, 6) is -2.27. The maximum atomic E-state index is 14.6. The lowest BCUT2D eigenvalue weighted by Gasteiger charge is -2.24. The van der Waals surface area contributed by atoms with Crippen molar-refractivity contribution in [2.45, 2.75) is 31.3 Å². The van der Waals surface area contributed by atoms with Crippen molar-refractivity contribution in [1.82, 2.24) is 10.3 Å². The SMILES string of the molecule is O=C(C[C@H](c1ccc(F)cc1)c1cncc(F)c1)Nc1cccc(F)c1CC[C@@H]1CNCCO1. The van der Waals surface area contributed by atoms with Crippen LogP contribution in [-0.4, -0.2) is 36.7 Å². The van der Waals surface area contributed by atoms with E-state index in [2.05, 4.69) is 15.6 Å². The Morgan fingerprint density at radius 2 is 1.91 bits per heavy atom. The van der Waals surface area contributed by atoms with Crippen LogP contribution in [0, 0.1) is 17.5 Å². The van der Waals surface area contributed by atoms with E-state index in [-0.39, 0.29) is 18.4 Å². The Balaban J connectivity index is 1.51. The molecule has 1 aliphatic rings. The van der Waals surface area contributed by atoms with Gasteiger partial charge in [-0.25, -0.2) is 13.2 Å². The Labute approximate surface area is 196 Å². The summed E-state index contributed by atoms with van der Waals surface area (Å²) in [6.07, 6.45) is 3.52. The molecule has 0 spiro atoms. The highest BCUT2D eigenvalue weighted by atomic mass is 19.1. The Morgan fingerprint density at radius 3 is 2.65 bits per heavy atom. The van der Waals surface area contributed by atoms with Gasteiger partial charge in [-0.2, -0.15) is 0 Å². The number of benzene rings is 2.